The van der Waals surface area contributed by atoms with Crippen molar-refractivity contribution in [2.45, 2.75) is 33.2 Å². The molecule has 0 amide bonds. The molecule has 0 saturated heterocycles. The molecule has 0 aliphatic rings. The van der Waals surface area contributed by atoms with Crippen LogP contribution in [0.15, 0.2) is 0 Å². The summed E-state index contributed by atoms with van der Waals surface area (Å²) >= 11 is 6.53. The Hall–Kier alpha value is -0.420. The van der Waals surface area contributed by atoms with Crippen LogP contribution in [-0.2, 0) is 0 Å². The molecule has 1 rings (SSSR count). The number of aromatic nitrogens is 2. The summed E-state index contributed by atoms with van der Waals surface area (Å²) in [4.78, 5) is 2.18. The van der Waals surface area contributed by atoms with E-state index in [0.29, 0.717) is 12.0 Å². The lowest BCUT2D eigenvalue weighted by molar-refractivity contribution is 0.503. The Morgan fingerprint density at radius 3 is 2.57 bits per heavy atom. The Morgan fingerprint density at radius 2 is 2.14 bits per heavy atom. The van der Waals surface area contributed by atoms with Crippen LogP contribution in [0, 0.1) is 9.87 Å². The minimum atomic E-state index is 0.504. The van der Waals surface area contributed by atoms with Crippen LogP contribution in [-0.4, -0.2) is 23.3 Å². The predicted molar refractivity (Wildman–Crippen MR) is 64.6 cm³/mol. The van der Waals surface area contributed by atoms with Crippen LogP contribution in [0.4, 0.5) is 5.13 Å². The van der Waals surface area contributed by atoms with E-state index in [2.05, 4.69) is 42.9 Å². The van der Waals surface area contributed by atoms with Gasteiger partial charge in [0.1, 0.15) is 0 Å². The maximum atomic E-state index is 5.00. The van der Waals surface area contributed by atoms with Gasteiger partial charge in [-0.1, -0.05) is 25.2 Å². The summed E-state index contributed by atoms with van der Waals surface area (Å²) in [6.07, 6.45) is 1.17. The zero-order valence-electron chi connectivity index (χ0n) is 9.07. The number of hydrogen-bond acceptors (Lipinski definition) is 4. The first-order valence-corrected chi connectivity index (χ1v) is 6.01. The Bertz CT molecular complexity index is 329. The van der Waals surface area contributed by atoms with Gasteiger partial charge in [-0.05, 0) is 31.5 Å². The molecule has 1 atom stereocenters. The molecule has 0 bridgehead atoms. The molecule has 80 valence electrons. The number of hydrogen-bond donors (Lipinski definition) is 1. The van der Waals surface area contributed by atoms with E-state index >= 15 is 0 Å². The molecule has 1 heterocycles. The zero-order valence-corrected chi connectivity index (χ0v) is 10.7. The highest BCUT2D eigenvalue weighted by molar-refractivity contribution is 7.73. The summed E-state index contributed by atoms with van der Waals surface area (Å²) in [6.45, 7) is 6.68. The highest BCUT2D eigenvalue weighted by atomic mass is 32.1. The lowest BCUT2D eigenvalue weighted by Gasteiger charge is -2.25. The van der Waals surface area contributed by atoms with E-state index in [1.807, 2.05) is 0 Å². The molecule has 1 aromatic rings. The number of anilines is 1. The molecule has 1 aromatic heterocycles. The molecule has 0 fully saturated rings. The fourth-order valence-corrected chi connectivity index (χ4v) is 2.34. The van der Waals surface area contributed by atoms with Crippen LogP contribution < -0.4 is 4.90 Å². The van der Waals surface area contributed by atoms with E-state index in [4.69, 9.17) is 12.2 Å². The second kappa shape index (κ2) is 4.89. The lowest BCUT2D eigenvalue weighted by Crippen LogP contribution is -2.29. The number of rotatable bonds is 4. The maximum absolute atomic E-state index is 5.00. The Labute approximate surface area is 94.2 Å². The Morgan fingerprint density at radius 1 is 1.50 bits per heavy atom. The molecule has 0 aromatic carbocycles. The van der Waals surface area contributed by atoms with Gasteiger partial charge in [0.15, 0.2) is 3.95 Å². The van der Waals surface area contributed by atoms with Crippen LogP contribution in [0.5, 0.6) is 0 Å². The Balaban J connectivity index is 2.65. The van der Waals surface area contributed by atoms with Crippen LogP contribution in [0.1, 0.15) is 27.2 Å². The van der Waals surface area contributed by atoms with Crippen molar-refractivity contribution in [1.29, 1.82) is 0 Å². The van der Waals surface area contributed by atoms with Crippen molar-refractivity contribution >= 4 is 28.7 Å². The van der Waals surface area contributed by atoms with E-state index in [0.717, 1.165) is 9.09 Å². The zero-order chi connectivity index (χ0) is 10.7. The third kappa shape index (κ3) is 3.06. The highest BCUT2D eigenvalue weighted by Gasteiger charge is 2.13. The van der Waals surface area contributed by atoms with Crippen LogP contribution in [0.2, 0.25) is 0 Å². The average molecular weight is 231 g/mol. The van der Waals surface area contributed by atoms with Gasteiger partial charge in [-0.2, -0.15) is 0 Å². The van der Waals surface area contributed by atoms with Gasteiger partial charge in [0.2, 0.25) is 5.13 Å². The molecular weight excluding hydrogens is 214 g/mol. The number of nitrogens with zero attached hydrogens (tertiary/aromatic N) is 2. The van der Waals surface area contributed by atoms with Gasteiger partial charge in [-0.3, -0.25) is 5.10 Å². The van der Waals surface area contributed by atoms with Crippen molar-refractivity contribution in [1.82, 2.24) is 10.2 Å². The van der Waals surface area contributed by atoms with E-state index in [1.165, 1.54) is 17.8 Å². The van der Waals surface area contributed by atoms with Crippen molar-refractivity contribution in [3.8, 4) is 0 Å². The first kappa shape index (κ1) is 11.7. The van der Waals surface area contributed by atoms with Crippen molar-refractivity contribution in [2.24, 2.45) is 5.92 Å². The minimum Gasteiger partial charge on any atom is -0.347 e. The number of aromatic amines is 1. The van der Waals surface area contributed by atoms with Gasteiger partial charge in [-0.15, -0.1) is 5.10 Å². The van der Waals surface area contributed by atoms with Gasteiger partial charge >= 0.3 is 0 Å². The van der Waals surface area contributed by atoms with Gasteiger partial charge < -0.3 is 4.90 Å². The van der Waals surface area contributed by atoms with Crippen LogP contribution in [0.25, 0.3) is 0 Å². The molecule has 3 nitrogen and oxygen atoms in total. The quantitative estimate of drug-likeness (QED) is 0.808. The van der Waals surface area contributed by atoms with Crippen LogP contribution >= 0.6 is 23.6 Å². The molecule has 0 aliphatic carbocycles. The first-order chi connectivity index (χ1) is 6.50. The van der Waals surface area contributed by atoms with Crippen molar-refractivity contribution in [2.75, 3.05) is 11.9 Å². The molecule has 1 unspecified atom stereocenters. The summed E-state index contributed by atoms with van der Waals surface area (Å²) in [7, 11) is 2.06. The van der Waals surface area contributed by atoms with Gasteiger partial charge in [0.25, 0.3) is 0 Å². The normalized spacial score (nSPS) is 13.2. The second-order valence-electron chi connectivity index (χ2n) is 3.99. The second-order valence-corrected chi connectivity index (χ2v) is 5.63. The maximum Gasteiger partial charge on any atom is 0.206 e. The van der Waals surface area contributed by atoms with Crippen molar-refractivity contribution < 1.29 is 0 Å². The minimum absolute atomic E-state index is 0.504. The fraction of sp³-hybridized carbons (Fsp3) is 0.778. The van der Waals surface area contributed by atoms with E-state index < -0.39 is 0 Å². The van der Waals surface area contributed by atoms with Crippen molar-refractivity contribution in [3.63, 3.8) is 0 Å². The third-order valence-electron chi connectivity index (χ3n) is 2.20. The van der Waals surface area contributed by atoms with Gasteiger partial charge in [0.05, 0.1) is 0 Å². The summed E-state index contributed by atoms with van der Waals surface area (Å²) < 4.78 is 0.739. The Kier molecular flexibility index (Phi) is 4.07. The molecule has 0 saturated carbocycles. The molecule has 0 spiro atoms. The molecule has 14 heavy (non-hydrogen) atoms. The van der Waals surface area contributed by atoms with Crippen LogP contribution in [0.3, 0.4) is 0 Å². The molecule has 5 heteroatoms. The number of H-pyrrole nitrogens is 1. The monoisotopic (exact) mass is 231 g/mol. The van der Waals surface area contributed by atoms with Gasteiger partial charge in [-0.25, -0.2) is 0 Å². The molecule has 0 aliphatic heterocycles. The summed E-state index contributed by atoms with van der Waals surface area (Å²) in [6, 6.07) is 0.504. The topological polar surface area (TPSA) is 31.9 Å². The van der Waals surface area contributed by atoms with E-state index in [9.17, 15) is 0 Å². The summed E-state index contributed by atoms with van der Waals surface area (Å²) in [5.41, 5.74) is 0. The summed E-state index contributed by atoms with van der Waals surface area (Å²) in [5, 5.41) is 7.93. The van der Waals surface area contributed by atoms with Crippen molar-refractivity contribution in [3.05, 3.63) is 3.95 Å². The van der Waals surface area contributed by atoms with E-state index in [1.54, 1.807) is 0 Å². The third-order valence-corrected chi connectivity index (χ3v) is 3.38. The first-order valence-electron chi connectivity index (χ1n) is 4.79. The lowest BCUT2D eigenvalue weighted by atomic mass is 10.0. The molecular formula is C9H17N3S2. The molecule has 1 N–H and O–H groups in total. The largest absolute Gasteiger partial charge is 0.347 e. The summed E-state index contributed by atoms with van der Waals surface area (Å²) in [5.74, 6) is 0.708. The van der Waals surface area contributed by atoms with E-state index in [-0.39, 0.29) is 0 Å². The molecule has 0 radical (unpaired) electrons. The van der Waals surface area contributed by atoms with Gasteiger partial charge in [0, 0.05) is 13.1 Å². The number of nitrogens with one attached hydrogen (secondary N) is 1. The SMILES string of the molecule is CC(C)CC(C)N(C)c1n[nH]c(=S)s1. The smallest absolute Gasteiger partial charge is 0.206 e. The average Bonchev–Trinajstić information content (AvgIpc) is 2.49. The highest BCUT2D eigenvalue weighted by Crippen LogP contribution is 2.20. The predicted octanol–water partition coefficient (Wildman–Crippen LogP) is 3.07. The fourth-order valence-electron chi connectivity index (χ4n) is 1.40. The standard InChI is InChI=1S/C9H17N3S2/c1-6(2)5-7(3)12(4)8-10-11-9(13)14-8/h6-7H,5H2,1-4H3,(H,11,13).